The Balaban J connectivity index is 2.25. The van der Waals surface area contributed by atoms with Crippen LogP contribution in [0.15, 0.2) is 22.7 Å². The first-order chi connectivity index (χ1) is 8.58. The molecule has 0 radical (unpaired) electrons. The summed E-state index contributed by atoms with van der Waals surface area (Å²) in [5, 5.41) is 0. The van der Waals surface area contributed by atoms with Crippen molar-refractivity contribution in [1.29, 1.82) is 0 Å². The molecule has 2 nitrogen and oxygen atoms in total. The maximum absolute atomic E-state index is 5.95. The number of rotatable bonds is 4. The molecule has 1 unspecified atom stereocenters. The molecule has 1 aromatic rings. The maximum atomic E-state index is 5.95. The molecule has 2 rings (SSSR count). The van der Waals surface area contributed by atoms with Crippen molar-refractivity contribution in [2.75, 3.05) is 11.9 Å². The second-order valence-electron chi connectivity index (χ2n) is 5.50. The third kappa shape index (κ3) is 3.27. The van der Waals surface area contributed by atoms with Gasteiger partial charge in [-0.3, -0.25) is 0 Å². The molecule has 1 saturated carbocycles. The van der Waals surface area contributed by atoms with E-state index in [2.05, 4.69) is 53.0 Å². The highest BCUT2D eigenvalue weighted by molar-refractivity contribution is 9.10. The maximum Gasteiger partial charge on any atom is 0.0410 e. The van der Waals surface area contributed by atoms with E-state index >= 15 is 0 Å². The van der Waals surface area contributed by atoms with Crippen molar-refractivity contribution in [1.82, 2.24) is 0 Å². The van der Waals surface area contributed by atoms with Gasteiger partial charge in [-0.15, -0.1) is 0 Å². The highest BCUT2D eigenvalue weighted by atomic mass is 79.9. The van der Waals surface area contributed by atoms with E-state index in [1.165, 1.54) is 36.9 Å². The van der Waals surface area contributed by atoms with Gasteiger partial charge in [-0.25, -0.2) is 0 Å². The van der Waals surface area contributed by atoms with E-state index < -0.39 is 0 Å². The first-order valence-corrected chi connectivity index (χ1v) is 7.64. The summed E-state index contributed by atoms with van der Waals surface area (Å²) in [6, 6.07) is 7.46. The van der Waals surface area contributed by atoms with E-state index in [4.69, 9.17) is 5.73 Å². The number of benzene rings is 1. The molecule has 2 N–H and O–H groups in total. The molecule has 1 aliphatic rings. The average molecular weight is 311 g/mol. The Morgan fingerprint density at radius 1 is 1.39 bits per heavy atom. The molecule has 1 atom stereocenters. The molecular formula is C15H23BrN2. The van der Waals surface area contributed by atoms with E-state index in [1.807, 2.05) is 0 Å². The third-order valence-electron chi connectivity index (χ3n) is 3.84. The van der Waals surface area contributed by atoms with Crippen LogP contribution in [0.25, 0.3) is 0 Å². The molecule has 1 fully saturated rings. The Bertz CT molecular complexity index is 397. The number of nitrogens with two attached hydrogens (primary N) is 1. The largest absolute Gasteiger partial charge is 0.371 e. The fraction of sp³-hybridized carbons (Fsp3) is 0.600. The Hall–Kier alpha value is -0.540. The summed E-state index contributed by atoms with van der Waals surface area (Å²) in [5.74, 6) is 0. The Morgan fingerprint density at radius 2 is 2.06 bits per heavy atom. The molecule has 18 heavy (non-hydrogen) atoms. The predicted molar refractivity (Wildman–Crippen MR) is 82.2 cm³/mol. The minimum absolute atomic E-state index is 0.210. The molecule has 0 spiro atoms. The van der Waals surface area contributed by atoms with Gasteiger partial charge >= 0.3 is 0 Å². The molecule has 0 amide bonds. The molecular weight excluding hydrogens is 288 g/mol. The van der Waals surface area contributed by atoms with Crippen LogP contribution >= 0.6 is 15.9 Å². The number of halogens is 1. The number of hydrogen-bond donors (Lipinski definition) is 1. The van der Waals surface area contributed by atoms with Gasteiger partial charge in [-0.2, -0.15) is 0 Å². The highest BCUT2D eigenvalue weighted by Gasteiger charge is 2.21. The van der Waals surface area contributed by atoms with Gasteiger partial charge in [0.2, 0.25) is 0 Å². The summed E-state index contributed by atoms with van der Waals surface area (Å²) in [5.41, 5.74) is 8.66. The minimum Gasteiger partial charge on any atom is -0.371 e. The summed E-state index contributed by atoms with van der Waals surface area (Å²) >= 11 is 3.58. The average Bonchev–Trinajstić information content (AvgIpc) is 2.83. The Labute approximate surface area is 119 Å². The monoisotopic (exact) mass is 310 g/mol. The molecule has 1 aliphatic carbocycles. The van der Waals surface area contributed by atoms with Gasteiger partial charge in [-0.1, -0.05) is 34.8 Å². The van der Waals surface area contributed by atoms with E-state index in [0.29, 0.717) is 6.04 Å². The van der Waals surface area contributed by atoms with Gasteiger partial charge in [0.15, 0.2) is 0 Å². The molecule has 100 valence electrons. The van der Waals surface area contributed by atoms with E-state index in [1.54, 1.807) is 0 Å². The van der Waals surface area contributed by atoms with Crippen LogP contribution in [0.5, 0.6) is 0 Å². The van der Waals surface area contributed by atoms with Crippen molar-refractivity contribution < 1.29 is 0 Å². The van der Waals surface area contributed by atoms with Gasteiger partial charge in [0.05, 0.1) is 0 Å². The second kappa shape index (κ2) is 6.07. The van der Waals surface area contributed by atoms with Gasteiger partial charge in [0, 0.05) is 29.3 Å². The van der Waals surface area contributed by atoms with Gasteiger partial charge in [-0.05, 0) is 43.9 Å². The summed E-state index contributed by atoms with van der Waals surface area (Å²) in [7, 11) is 2.22. The van der Waals surface area contributed by atoms with Crippen molar-refractivity contribution in [3.63, 3.8) is 0 Å². The van der Waals surface area contributed by atoms with Gasteiger partial charge < -0.3 is 10.6 Å². The van der Waals surface area contributed by atoms with Gasteiger partial charge in [0.25, 0.3) is 0 Å². The minimum atomic E-state index is 0.210. The fourth-order valence-electron chi connectivity index (χ4n) is 2.87. The Morgan fingerprint density at radius 3 is 2.67 bits per heavy atom. The first-order valence-electron chi connectivity index (χ1n) is 6.85. The zero-order chi connectivity index (χ0) is 13.1. The summed E-state index contributed by atoms with van der Waals surface area (Å²) in [6.45, 7) is 2.07. The second-order valence-corrected chi connectivity index (χ2v) is 6.42. The lowest BCUT2D eigenvalue weighted by Crippen LogP contribution is -2.30. The molecule has 0 heterocycles. The molecule has 3 heteroatoms. The first kappa shape index (κ1) is 13.9. The fourth-order valence-corrected chi connectivity index (χ4v) is 3.22. The van der Waals surface area contributed by atoms with Crippen molar-refractivity contribution in [3.05, 3.63) is 28.2 Å². The molecule has 0 saturated heterocycles. The van der Waals surface area contributed by atoms with Crippen molar-refractivity contribution in [3.8, 4) is 0 Å². The lowest BCUT2D eigenvalue weighted by molar-refractivity contribution is 0.646. The standard InChI is InChI=1S/C15H23BrN2/c1-11(17)9-12-7-8-13(16)10-15(12)18(2)14-5-3-4-6-14/h7-8,10-11,14H,3-6,9,17H2,1-2H3. The number of anilines is 1. The van der Waals surface area contributed by atoms with Crippen LogP contribution in [0, 0.1) is 0 Å². The van der Waals surface area contributed by atoms with E-state index in [-0.39, 0.29) is 6.04 Å². The van der Waals surface area contributed by atoms with Crippen LogP contribution in [0.4, 0.5) is 5.69 Å². The van der Waals surface area contributed by atoms with Crippen LogP contribution in [0.3, 0.4) is 0 Å². The van der Waals surface area contributed by atoms with Crippen LogP contribution in [-0.2, 0) is 6.42 Å². The van der Waals surface area contributed by atoms with Crippen LogP contribution in [0.1, 0.15) is 38.2 Å². The van der Waals surface area contributed by atoms with Gasteiger partial charge in [0.1, 0.15) is 0 Å². The zero-order valence-corrected chi connectivity index (χ0v) is 12.9. The van der Waals surface area contributed by atoms with Crippen LogP contribution < -0.4 is 10.6 Å². The quantitative estimate of drug-likeness (QED) is 0.918. The Kier molecular flexibility index (Phi) is 4.68. The van der Waals surface area contributed by atoms with E-state index in [9.17, 15) is 0 Å². The van der Waals surface area contributed by atoms with E-state index in [0.717, 1.165) is 10.9 Å². The molecule has 0 aliphatic heterocycles. The number of hydrogen-bond acceptors (Lipinski definition) is 2. The normalized spacial score (nSPS) is 18.0. The third-order valence-corrected chi connectivity index (χ3v) is 4.33. The molecule has 0 aromatic heterocycles. The van der Waals surface area contributed by atoms with Crippen molar-refractivity contribution in [2.45, 2.75) is 51.1 Å². The SMILES string of the molecule is CC(N)Cc1ccc(Br)cc1N(C)C1CCCC1. The van der Waals surface area contributed by atoms with Crippen molar-refractivity contribution in [2.24, 2.45) is 5.73 Å². The van der Waals surface area contributed by atoms with Crippen LogP contribution in [0.2, 0.25) is 0 Å². The lowest BCUT2D eigenvalue weighted by atomic mass is 10.0. The molecule has 1 aromatic carbocycles. The summed E-state index contributed by atoms with van der Waals surface area (Å²) in [6.07, 6.45) is 6.32. The van der Waals surface area contributed by atoms with Crippen LogP contribution in [-0.4, -0.2) is 19.1 Å². The zero-order valence-electron chi connectivity index (χ0n) is 11.3. The topological polar surface area (TPSA) is 29.3 Å². The highest BCUT2D eigenvalue weighted by Crippen LogP contribution is 2.31. The number of nitrogens with zero attached hydrogens (tertiary/aromatic N) is 1. The lowest BCUT2D eigenvalue weighted by Gasteiger charge is -2.29. The smallest absolute Gasteiger partial charge is 0.0410 e. The summed E-state index contributed by atoms with van der Waals surface area (Å²) in [4.78, 5) is 2.45. The molecule has 0 bridgehead atoms. The summed E-state index contributed by atoms with van der Waals surface area (Å²) < 4.78 is 1.15. The van der Waals surface area contributed by atoms with Crippen molar-refractivity contribution >= 4 is 21.6 Å². The predicted octanol–water partition coefficient (Wildman–Crippen LogP) is 3.72.